The van der Waals surface area contributed by atoms with Crippen LogP contribution in [0.3, 0.4) is 0 Å². The first kappa shape index (κ1) is 15.9. The molecule has 0 atom stereocenters. The number of amides is 1. The van der Waals surface area contributed by atoms with Crippen LogP contribution in [0.4, 0.5) is 0 Å². The van der Waals surface area contributed by atoms with Crippen LogP contribution in [0.2, 0.25) is 0 Å². The fourth-order valence-corrected chi connectivity index (χ4v) is 3.94. The molecule has 0 heterocycles. The summed E-state index contributed by atoms with van der Waals surface area (Å²) in [4.78, 5) is 14.6. The maximum absolute atomic E-state index is 12.5. The van der Waals surface area contributed by atoms with Crippen LogP contribution in [0.5, 0.6) is 5.75 Å². The normalized spacial score (nSPS) is 17.6. The fraction of sp³-hybridized carbons (Fsp3) is 0.611. The summed E-state index contributed by atoms with van der Waals surface area (Å²) in [6.45, 7) is 0. The Hall–Kier alpha value is -1.03. The Morgan fingerprint density at radius 3 is 2.45 bits per heavy atom. The van der Waals surface area contributed by atoms with Gasteiger partial charge in [0.25, 0.3) is 0 Å². The smallest absolute Gasteiger partial charge is 0.222 e. The van der Waals surface area contributed by atoms with E-state index < -0.39 is 0 Å². The zero-order chi connectivity index (χ0) is 15.7. The number of halogens is 1. The van der Waals surface area contributed by atoms with Crippen molar-refractivity contribution in [3.63, 3.8) is 0 Å². The fourth-order valence-electron chi connectivity index (χ4n) is 3.35. The highest BCUT2D eigenvalue weighted by Gasteiger charge is 2.44. The Bertz CT molecular complexity index is 540. The molecule has 1 aromatic carbocycles. The van der Waals surface area contributed by atoms with Crippen molar-refractivity contribution in [3.05, 3.63) is 28.2 Å². The number of benzene rings is 1. The number of ether oxygens (including phenoxy) is 1. The minimum Gasteiger partial charge on any atom is -0.496 e. The Kier molecular flexibility index (Phi) is 4.76. The van der Waals surface area contributed by atoms with Crippen LogP contribution in [0, 0.1) is 11.8 Å². The van der Waals surface area contributed by atoms with Crippen LogP contribution in [-0.4, -0.2) is 31.0 Å². The first-order valence-corrected chi connectivity index (χ1v) is 8.97. The van der Waals surface area contributed by atoms with Crippen molar-refractivity contribution < 1.29 is 9.53 Å². The summed E-state index contributed by atoms with van der Waals surface area (Å²) in [5.74, 6) is 2.67. The third-order valence-corrected chi connectivity index (χ3v) is 5.51. The van der Waals surface area contributed by atoms with Gasteiger partial charge in [0, 0.05) is 19.5 Å². The van der Waals surface area contributed by atoms with E-state index in [0.29, 0.717) is 12.5 Å². The lowest BCUT2D eigenvalue weighted by molar-refractivity contribution is -0.132. The van der Waals surface area contributed by atoms with Crippen LogP contribution >= 0.6 is 15.9 Å². The average molecular weight is 366 g/mol. The number of rotatable bonds is 7. The molecule has 2 aliphatic rings. The number of hydrogen-bond donors (Lipinski definition) is 0. The van der Waals surface area contributed by atoms with Gasteiger partial charge in [-0.3, -0.25) is 4.79 Å². The molecule has 2 fully saturated rings. The van der Waals surface area contributed by atoms with Gasteiger partial charge in [-0.25, -0.2) is 0 Å². The van der Waals surface area contributed by atoms with E-state index >= 15 is 0 Å². The maximum Gasteiger partial charge on any atom is 0.222 e. The molecular weight excluding hydrogens is 342 g/mol. The monoisotopic (exact) mass is 365 g/mol. The highest BCUT2D eigenvalue weighted by molar-refractivity contribution is 9.10. The second kappa shape index (κ2) is 6.61. The van der Waals surface area contributed by atoms with Gasteiger partial charge in [-0.15, -0.1) is 0 Å². The predicted molar refractivity (Wildman–Crippen MR) is 91.0 cm³/mol. The Morgan fingerprint density at radius 2 is 1.95 bits per heavy atom. The number of methoxy groups -OCH3 is 1. The molecule has 0 aliphatic heterocycles. The highest BCUT2D eigenvalue weighted by atomic mass is 79.9. The molecule has 0 saturated heterocycles. The van der Waals surface area contributed by atoms with E-state index in [-0.39, 0.29) is 5.91 Å². The lowest BCUT2D eigenvalue weighted by Crippen LogP contribution is -2.40. The van der Waals surface area contributed by atoms with Crippen molar-refractivity contribution in [2.45, 2.75) is 44.6 Å². The number of aryl methyl sites for hydroxylation is 1. The molecule has 3 nitrogen and oxygen atoms in total. The van der Waals surface area contributed by atoms with Crippen molar-refractivity contribution in [2.75, 3.05) is 14.2 Å². The second-order valence-corrected chi connectivity index (χ2v) is 7.49. The van der Waals surface area contributed by atoms with Gasteiger partial charge in [0.15, 0.2) is 0 Å². The van der Waals surface area contributed by atoms with Gasteiger partial charge in [0.2, 0.25) is 5.91 Å². The summed E-state index contributed by atoms with van der Waals surface area (Å²) >= 11 is 3.50. The lowest BCUT2D eigenvalue weighted by Gasteiger charge is -2.28. The molecule has 2 aliphatic carbocycles. The third-order valence-electron chi connectivity index (χ3n) is 4.89. The van der Waals surface area contributed by atoms with Gasteiger partial charge in [-0.2, -0.15) is 0 Å². The summed E-state index contributed by atoms with van der Waals surface area (Å²) in [5.41, 5.74) is 1.17. The van der Waals surface area contributed by atoms with Crippen LogP contribution < -0.4 is 4.74 Å². The molecule has 120 valence electrons. The highest BCUT2D eigenvalue weighted by Crippen LogP contribution is 2.46. The molecule has 4 heteroatoms. The molecule has 3 rings (SSSR count). The molecule has 1 aromatic rings. The van der Waals surface area contributed by atoms with Gasteiger partial charge < -0.3 is 9.64 Å². The summed E-state index contributed by atoms with van der Waals surface area (Å²) in [6.07, 6.45) is 6.61. The Labute approximate surface area is 141 Å². The molecule has 1 amide bonds. The van der Waals surface area contributed by atoms with Crippen molar-refractivity contribution in [2.24, 2.45) is 11.8 Å². The summed E-state index contributed by atoms with van der Waals surface area (Å²) in [6, 6.07) is 6.54. The summed E-state index contributed by atoms with van der Waals surface area (Å²) in [7, 11) is 3.67. The molecule has 0 radical (unpaired) electrons. The Balaban J connectivity index is 1.56. The van der Waals surface area contributed by atoms with Crippen LogP contribution in [-0.2, 0) is 11.2 Å². The van der Waals surface area contributed by atoms with Gasteiger partial charge in [-0.05, 0) is 77.6 Å². The van der Waals surface area contributed by atoms with Crippen LogP contribution in [0.25, 0.3) is 0 Å². The predicted octanol–water partition coefficient (Wildman–Crippen LogP) is 4.04. The molecule has 2 saturated carbocycles. The molecule has 22 heavy (non-hydrogen) atoms. The van der Waals surface area contributed by atoms with E-state index in [2.05, 4.69) is 15.9 Å². The minimum absolute atomic E-state index is 0.288. The third kappa shape index (κ3) is 3.65. The van der Waals surface area contributed by atoms with E-state index in [1.807, 2.05) is 30.1 Å². The first-order valence-electron chi connectivity index (χ1n) is 8.18. The molecular formula is C18H24BrNO2. The average Bonchev–Trinajstić information content (AvgIpc) is 3.39. The molecule has 0 N–H and O–H groups in total. The van der Waals surface area contributed by atoms with E-state index in [1.54, 1.807) is 7.11 Å². The van der Waals surface area contributed by atoms with Crippen molar-refractivity contribution in [1.82, 2.24) is 4.90 Å². The van der Waals surface area contributed by atoms with E-state index in [0.717, 1.165) is 28.5 Å². The van der Waals surface area contributed by atoms with Crippen LogP contribution in [0.1, 0.15) is 37.7 Å². The largest absolute Gasteiger partial charge is 0.496 e. The number of carbonyl (C=O) groups is 1. The molecule has 0 aromatic heterocycles. The maximum atomic E-state index is 12.5. The standard InChI is InChI=1S/C18H24BrNO2/c1-20(18(13-5-6-13)14-7-8-14)17(21)10-4-12-3-9-16(22-2)15(19)11-12/h3,9,11,13-14,18H,4-8,10H2,1-2H3. The van der Waals surface area contributed by atoms with E-state index in [9.17, 15) is 4.79 Å². The van der Waals surface area contributed by atoms with Gasteiger partial charge in [0.05, 0.1) is 11.6 Å². The minimum atomic E-state index is 0.288. The zero-order valence-electron chi connectivity index (χ0n) is 13.3. The number of carbonyl (C=O) groups excluding carboxylic acids is 1. The van der Waals surface area contributed by atoms with Gasteiger partial charge in [0.1, 0.15) is 5.75 Å². The quantitative estimate of drug-likeness (QED) is 0.729. The lowest BCUT2D eigenvalue weighted by atomic mass is 10.0. The summed E-state index contributed by atoms with van der Waals surface area (Å²) < 4.78 is 6.19. The first-order chi connectivity index (χ1) is 10.6. The number of hydrogen-bond acceptors (Lipinski definition) is 2. The molecule has 0 spiro atoms. The second-order valence-electron chi connectivity index (χ2n) is 6.64. The van der Waals surface area contributed by atoms with Crippen molar-refractivity contribution in [3.8, 4) is 5.75 Å². The summed E-state index contributed by atoms with van der Waals surface area (Å²) in [5, 5.41) is 0. The van der Waals surface area contributed by atoms with Crippen molar-refractivity contribution in [1.29, 1.82) is 0 Å². The topological polar surface area (TPSA) is 29.5 Å². The van der Waals surface area contributed by atoms with Crippen LogP contribution in [0.15, 0.2) is 22.7 Å². The number of nitrogens with zero attached hydrogens (tertiary/aromatic N) is 1. The van der Waals surface area contributed by atoms with Crippen molar-refractivity contribution >= 4 is 21.8 Å². The Morgan fingerprint density at radius 1 is 1.32 bits per heavy atom. The molecule has 0 unspecified atom stereocenters. The van der Waals surface area contributed by atoms with Gasteiger partial charge in [-0.1, -0.05) is 6.07 Å². The molecule has 0 bridgehead atoms. The SMILES string of the molecule is COc1ccc(CCC(=O)N(C)C(C2CC2)C2CC2)cc1Br. The van der Waals surface area contributed by atoms with E-state index in [1.165, 1.54) is 31.2 Å². The van der Waals surface area contributed by atoms with E-state index in [4.69, 9.17) is 4.74 Å². The van der Waals surface area contributed by atoms with Gasteiger partial charge >= 0.3 is 0 Å². The zero-order valence-corrected chi connectivity index (χ0v) is 14.9.